The first kappa shape index (κ1) is 8.00. The number of nitrogen functional groups attached to an aromatic ring is 1. The van der Waals surface area contributed by atoms with Gasteiger partial charge in [-0.05, 0) is 12.1 Å². The molecule has 0 aliphatic heterocycles. The summed E-state index contributed by atoms with van der Waals surface area (Å²) in [4.78, 5) is 5.36. The fourth-order valence-corrected chi connectivity index (χ4v) is 1.03. The molecule has 2 aromatic heterocycles. The van der Waals surface area contributed by atoms with Crippen LogP contribution in [-0.2, 0) is 0 Å². The van der Waals surface area contributed by atoms with E-state index in [9.17, 15) is 0 Å². The van der Waals surface area contributed by atoms with E-state index >= 15 is 0 Å². The Bertz CT molecular complexity index is 411. The van der Waals surface area contributed by atoms with Gasteiger partial charge in [0, 0.05) is 0 Å². The molecule has 0 radical (unpaired) electrons. The summed E-state index contributed by atoms with van der Waals surface area (Å²) in [6, 6.07) is 3.36. The van der Waals surface area contributed by atoms with Crippen LogP contribution in [0.2, 0.25) is 5.15 Å². The van der Waals surface area contributed by atoms with Crippen LogP contribution in [0.4, 0.5) is 5.69 Å². The predicted octanol–water partition coefficient (Wildman–Crippen LogP) is 0.898. The van der Waals surface area contributed by atoms with Crippen molar-refractivity contribution in [3.63, 3.8) is 0 Å². The molecule has 2 heterocycles. The van der Waals surface area contributed by atoms with E-state index in [0.29, 0.717) is 11.5 Å². The summed E-state index contributed by atoms with van der Waals surface area (Å²) in [6.45, 7) is 0. The van der Waals surface area contributed by atoms with E-state index in [-0.39, 0.29) is 5.15 Å². The second-order valence-electron chi connectivity index (χ2n) is 2.37. The minimum Gasteiger partial charge on any atom is -0.396 e. The van der Waals surface area contributed by atoms with Crippen molar-refractivity contribution >= 4 is 17.3 Å². The normalized spacial score (nSPS) is 10.2. The second-order valence-corrected chi connectivity index (χ2v) is 2.73. The van der Waals surface area contributed by atoms with E-state index in [2.05, 4.69) is 15.2 Å². The molecule has 13 heavy (non-hydrogen) atoms. The summed E-state index contributed by atoms with van der Waals surface area (Å²) >= 11 is 5.73. The molecule has 0 bridgehead atoms. The van der Waals surface area contributed by atoms with Crippen molar-refractivity contribution in [3.8, 4) is 5.82 Å². The maximum atomic E-state index is 5.73. The molecule has 2 rings (SSSR count). The van der Waals surface area contributed by atoms with Crippen LogP contribution in [0.25, 0.3) is 5.82 Å². The number of pyridine rings is 1. The predicted molar refractivity (Wildman–Crippen MR) is 48.6 cm³/mol. The summed E-state index contributed by atoms with van der Waals surface area (Å²) in [6.07, 6.45) is 3.12. The number of aromatic nitrogens is 4. The zero-order chi connectivity index (χ0) is 9.26. The van der Waals surface area contributed by atoms with Crippen molar-refractivity contribution in [1.82, 2.24) is 20.0 Å². The molecular weight excluding hydrogens is 190 g/mol. The van der Waals surface area contributed by atoms with Crippen molar-refractivity contribution in [2.24, 2.45) is 0 Å². The van der Waals surface area contributed by atoms with Crippen LogP contribution in [0, 0.1) is 0 Å². The van der Waals surface area contributed by atoms with E-state index < -0.39 is 0 Å². The molecular formula is C7H6ClN5. The van der Waals surface area contributed by atoms with Crippen molar-refractivity contribution in [1.29, 1.82) is 0 Å². The molecule has 2 aromatic rings. The van der Waals surface area contributed by atoms with Gasteiger partial charge in [0.25, 0.3) is 0 Å². The van der Waals surface area contributed by atoms with Crippen LogP contribution >= 0.6 is 11.6 Å². The Balaban J connectivity index is 2.49. The van der Waals surface area contributed by atoms with Gasteiger partial charge < -0.3 is 5.73 Å². The number of hydrogen-bond donors (Lipinski definition) is 1. The van der Waals surface area contributed by atoms with Crippen LogP contribution in [-0.4, -0.2) is 20.0 Å². The quantitative estimate of drug-likeness (QED) is 0.687. The molecule has 0 saturated heterocycles. The largest absolute Gasteiger partial charge is 0.396 e. The Morgan fingerprint density at radius 3 is 2.54 bits per heavy atom. The van der Waals surface area contributed by atoms with Crippen LogP contribution in [0.5, 0.6) is 0 Å². The summed E-state index contributed by atoms with van der Waals surface area (Å²) in [5.41, 5.74) is 5.94. The molecule has 0 atom stereocenters. The molecule has 2 N–H and O–H groups in total. The zero-order valence-electron chi connectivity index (χ0n) is 6.55. The maximum Gasteiger partial charge on any atom is 0.175 e. The Morgan fingerprint density at radius 2 is 1.92 bits per heavy atom. The van der Waals surface area contributed by atoms with E-state index in [1.807, 2.05) is 0 Å². The van der Waals surface area contributed by atoms with Crippen molar-refractivity contribution in [2.75, 3.05) is 5.73 Å². The van der Waals surface area contributed by atoms with Gasteiger partial charge in [0.15, 0.2) is 11.0 Å². The highest BCUT2D eigenvalue weighted by atomic mass is 35.5. The molecule has 0 aromatic carbocycles. The van der Waals surface area contributed by atoms with Gasteiger partial charge in [-0.3, -0.25) is 0 Å². The molecule has 0 amide bonds. The third kappa shape index (κ3) is 1.46. The molecule has 66 valence electrons. The smallest absolute Gasteiger partial charge is 0.175 e. The van der Waals surface area contributed by atoms with Crippen LogP contribution < -0.4 is 5.73 Å². The summed E-state index contributed by atoms with van der Waals surface area (Å²) < 4.78 is 0. The number of nitrogens with zero attached hydrogens (tertiary/aromatic N) is 4. The lowest BCUT2D eigenvalue weighted by Gasteiger charge is -2.00. The minimum atomic E-state index is 0.259. The van der Waals surface area contributed by atoms with Gasteiger partial charge in [-0.25, -0.2) is 4.98 Å². The molecule has 0 unspecified atom stereocenters. The molecule has 0 spiro atoms. The van der Waals surface area contributed by atoms with Gasteiger partial charge in [0.1, 0.15) is 0 Å². The molecule has 0 fully saturated rings. The van der Waals surface area contributed by atoms with Gasteiger partial charge in [0.2, 0.25) is 0 Å². The lowest BCUT2D eigenvalue weighted by molar-refractivity contribution is 0.730. The third-order valence-electron chi connectivity index (χ3n) is 1.49. The molecule has 0 aliphatic carbocycles. The van der Waals surface area contributed by atoms with Crippen molar-refractivity contribution in [2.45, 2.75) is 0 Å². The number of rotatable bonds is 1. The number of nitrogens with two attached hydrogens (primary N) is 1. The highest BCUT2D eigenvalue weighted by Crippen LogP contribution is 2.16. The lowest BCUT2D eigenvalue weighted by atomic mass is 10.4. The first-order valence-corrected chi connectivity index (χ1v) is 3.94. The Morgan fingerprint density at radius 1 is 1.23 bits per heavy atom. The fourth-order valence-electron chi connectivity index (χ4n) is 0.881. The van der Waals surface area contributed by atoms with Gasteiger partial charge in [-0.15, -0.1) is 4.80 Å². The number of hydrogen-bond acceptors (Lipinski definition) is 4. The molecule has 5 nitrogen and oxygen atoms in total. The second kappa shape index (κ2) is 3.02. The molecule has 6 heteroatoms. The Kier molecular flexibility index (Phi) is 1.86. The minimum absolute atomic E-state index is 0.259. The zero-order valence-corrected chi connectivity index (χ0v) is 7.31. The standard InChI is InChI=1S/C7H6ClN5/c8-7-5(9)1-2-6(12-7)13-10-3-4-11-13/h1-4H,9H2. The topological polar surface area (TPSA) is 69.6 Å². The maximum absolute atomic E-state index is 5.73. The fraction of sp³-hybridized carbons (Fsp3) is 0. The number of anilines is 1. The summed E-state index contributed by atoms with van der Waals surface area (Å²) in [5.74, 6) is 0.546. The van der Waals surface area contributed by atoms with Crippen LogP contribution in [0.3, 0.4) is 0 Å². The average Bonchev–Trinajstić information content (AvgIpc) is 2.62. The molecule has 0 saturated carbocycles. The first-order valence-electron chi connectivity index (χ1n) is 3.56. The van der Waals surface area contributed by atoms with E-state index in [1.165, 1.54) is 4.80 Å². The summed E-state index contributed by atoms with van der Waals surface area (Å²) in [5, 5.41) is 8.06. The van der Waals surface area contributed by atoms with Crippen molar-refractivity contribution in [3.05, 3.63) is 29.7 Å². The van der Waals surface area contributed by atoms with E-state index in [4.69, 9.17) is 17.3 Å². The van der Waals surface area contributed by atoms with Crippen LogP contribution in [0.1, 0.15) is 0 Å². The highest BCUT2D eigenvalue weighted by molar-refractivity contribution is 6.31. The highest BCUT2D eigenvalue weighted by Gasteiger charge is 2.02. The van der Waals surface area contributed by atoms with Gasteiger partial charge in [-0.1, -0.05) is 11.6 Å². The summed E-state index contributed by atoms with van der Waals surface area (Å²) in [7, 11) is 0. The van der Waals surface area contributed by atoms with E-state index in [0.717, 1.165) is 0 Å². The van der Waals surface area contributed by atoms with Gasteiger partial charge >= 0.3 is 0 Å². The van der Waals surface area contributed by atoms with Crippen molar-refractivity contribution < 1.29 is 0 Å². The lowest BCUT2D eigenvalue weighted by Crippen LogP contribution is -2.02. The third-order valence-corrected chi connectivity index (χ3v) is 1.79. The monoisotopic (exact) mass is 195 g/mol. The number of halogens is 1. The first-order chi connectivity index (χ1) is 6.27. The van der Waals surface area contributed by atoms with Gasteiger partial charge in [-0.2, -0.15) is 10.2 Å². The van der Waals surface area contributed by atoms with E-state index in [1.54, 1.807) is 24.5 Å². The SMILES string of the molecule is Nc1ccc(-n2nccn2)nc1Cl. The molecule has 0 aliphatic rings. The van der Waals surface area contributed by atoms with Gasteiger partial charge in [0.05, 0.1) is 18.1 Å². The van der Waals surface area contributed by atoms with Crippen LogP contribution in [0.15, 0.2) is 24.5 Å². The Labute approximate surface area is 79.1 Å². The Hall–Kier alpha value is -1.62. The average molecular weight is 196 g/mol.